The lowest BCUT2D eigenvalue weighted by Gasteiger charge is -2.69. The number of nitrogens with zero attached hydrogens (tertiary/aromatic N) is 1. The molecule has 19 heavy (non-hydrogen) atoms. The summed E-state index contributed by atoms with van der Waals surface area (Å²) >= 11 is 0. The molecule has 1 heterocycles. The fourth-order valence-electron chi connectivity index (χ4n) is 5.34. The van der Waals surface area contributed by atoms with Gasteiger partial charge in [0.25, 0.3) is 0 Å². The summed E-state index contributed by atoms with van der Waals surface area (Å²) in [5, 5.41) is 4.37. The quantitative estimate of drug-likeness (QED) is 0.751. The Morgan fingerprint density at radius 3 is 2.63 bits per heavy atom. The van der Waals surface area contributed by atoms with Crippen molar-refractivity contribution in [3.05, 3.63) is 17.5 Å². The van der Waals surface area contributed by atoms with Crippen LogP contribution in [0.1, 0.15) is 64.8 Å². The average Bonchev–Trinajstić information content (AvgIpc) is 2.71. The van der Waals surface area contributed by atoms with E-state index in [1.807, 2.05) is 0 Å². The SMILES string of the molecule is CC1CC2CC3CC(c4cc(C(C)(C)C)no4)(C1)C23. The van der Waals surface area contributed by atoms with Crippen molar-refractivity contribution in [3.63, 3.8) is 0 Å². The molecular formula is C17H25NO. The van der Waals surface area contributed by atoms with Gasteiger partial charge in [0.2, 0.25) is 0 Å². The molecule has 0 spiro atoms. The zero-order valence-electron chi connectivity index (χ0n) is 12.6. The highest BCUT2D eigenvalue weighted by atomic mass is 16.5. The Labute approximate surface area is 115 Å². The molecule has 0 bridgehead atoms. The van der Waals surface area contributed by atoms with Gasteiger partial charge in [0, 0.05) is 16.9 Å². The van der Waals surface area contributed by atoms with E-state index in [4.69, 9.17) is 4.52 Å². The van der Waals surface area contributed by atoms with E-state index in [-0.39, 0.29) is 5.41 Å². The van der Waals surface area contributed by atoms with Crippen LogP contribution in [0.4, 0.5) is 0 Å². The maximum absolute atomic E-state index is 5.82. The molecule has 1 aromatic heterocycles. The molecule has 2 nitrogen and oxygen atoms in total. The van der Waals surface area contributed by atoms with Crippen LogP contribution in [0, 0.1) is 23.7 Å². The standard InChI is InChI=1S/C17H25NO/c1-10-5-11-6-12-9-17(8-10,15(11)12)14-7-13(18-19-14)16(2,3)4/h7,10-12,15H,5-6,8-9H2,1-4H3. The predicted octanol–water partition coefficient (Wildman–Crippen LogP) is 4.30. The van der Waals surface area contributed by atoms with Crippen LogP contribution in [0.5, 0.6) is 0 Å². The van der Waals surface area contributed by atoms with Gasteiger partial charge in [-0.3, -0.25) is 0 Å². The summed E-state index contributed by atoms with van der Waals surface area (Å²) in [4.78, 5) is 0. The number of hydrogen-bond acceptors (Lipinski definition) is 2. The molecule has 4 rings (SSSR count). The Morgan fingerprint density at radius 1 is 1.21 bits per heavy atom. The molecule has 0 amide bonds. The van der Waals surface area contributed by atoms with Crippen molar-refractivity contribution in [3.8, 4) is 0 Å². The first kappa shape index (κ1) is 12.0. The highest BCUT2D eigenvalue weighted by molar-refractivity contribution is 5.31. The summed E-state index contributed by atoms with van der Waals surface area (Å²) in [5.41, 5.74) is 1.58. The van der Waals surface area contributed by atoms with E-state index in [0.29, 0.717) is 5.41 Å². The Morgan fingerprint density at radius 2 is 2.00 bits per heavy atom. The molecule has 0 radical (unpaired) electrons. The first-order valence-corrected chi connectivity index (χ1v) is 7.88. The maximum atomic E-state index is 5.82. The van der Waals surface area contributed by atoms with Gasteiger partial charge in [-0.05, 0) is 49.4 Å². The van der Waals surface area contributed by atoms with Gasteiger partial charge >= 0.3 is 0 Å². The van der Waals surface area contributed by atoms with Crippen LogP contribution >= 0.6 is 0 Å². The highest BCUT2D eigenvalue weighted by Gasteiger charge is 2.67. The van der Waals surface area contributed by atoms with Crippen molar-refractivity contribution in [1.82, 2.24) is 5.16 Å². The van der Waals surface area contributed by atoms with Crippen molar-refractivity contribution >= 4 is 0 Å². The minimum atomic E-state index is 0.0981. The van der Waals surface area contributed by atoms with E-state index in [1.165, 1.54) is 31.4 Å². The summed E-state index contributed by atoms with van der Waals surface area (Å²) in [7, 11) is 0. The number of aromatic nitrogens is 1. The predicted molar refractivity (Wildman–Crippen MR) is 75.0 cm³/mol. The number of rotatable bonds is 1. The smallest absolute Gasteiger partial charge is 0.143 e. The summed E-state index contributed by atoms with van der Waals surface area (Å²) in [6, 6.07) is 2.27. The number of hydrogen-bond donors (Lipinski definition) is 0. The van der Waals surface area contributed by atoms with Gasteiger partial charge in [0.1, 0.15) is 5.76 Å². The lowest BCUT2D eigenvalue weighted by molar-refractivity contribution is -0.168. The largest absolute Gasteiger partial charge is 0.361 e. The van der Waals surface area contributed by atoms with Crippen LogP contribution < -0.4 is 0 Å². The van der Waals surface area contributed by atoms with Crippen LogP contribution in [-0.2, 0) is 10.8 Å². The van der Waals surface area contributed by atoms with Gasteiger partial charge in [-0.25, -0.2) is 0 Å². The van der Waals surface area contributed by atoms with Gasteiger partial charge in [0.05, 0.1) is 5.69 Å². The lowest BCUT2D eigenvalue weighted by atomic mass is 9.35. The van der Waals surface area contributed by atoms with E-state index in [9.17, 15) is 0 Å². The summed E-state index contributed by atoms with van der Waals surface area (Å²) in [5.74, 6) is 4.96. The minimum Gasteiger partial charge on any atom is -0.361 e. The topological polar surface area (TPSA) is 26.0 Å². The zero-order valence-corrected chi connectivity index (χ0v) is 12.6. The molecule has 0 saturated heterocycles. The Bertz CT molecular complexity index is 512. The van der Waals surface area contributed by atoms with E-state index < -0.39 is 0 Å². The second kappa shape index (κ2) is 3.45. The Kier molecular flexibility index (Phi) is 2.18. The molecular weight excluding hydrogens is 234 g/mol. The molecule has 3 aliphatic rings. The van der Waals surface area contributed by atoms with Crippen molar-refractivity contribution in [2.75, 3.05) is 0 Å². The molecule has 104 valence electrons. The van der Waals surface area contributed by atoms with Gasteiger partial charge in [0.15, 0.2) is 0 Å². The van der Waals surface area contributed by atoms with Crippen LogP contribution in [-0.4, -0.2) is 5.16 Å². The molecule has 0 aromatic carbocycles. The minimum absolute atomic E-state index is 0.0981. The van der Waals surface area contributed by atoms with Crippen LogP contribution in [0.25, 0.3) is 0 Å². The second-order valence-corrected chi connectivity index (χ2v) is 8.51. The van der Waals surface area contributed by atoms with Gasteiger partial charge in [-0.2, -0.15) is 0 Å². The van der Waals surface area contributed by atoms with E-state index >= 15 is 0 Å². The van der Waals surface area contributed by atoms with Crippen molar-refractivity contribution in [2.24, 2.45) is 23.7 Å². The molecule has 3 aliphatic carbocycles. The molecule has 1 aromatic rings. The monoisotopic (exact) mass is 259 g/mol. The Hall–Kier alpha value is -0.790. The Balaban J connectivity index is 1.70. The summed E-state index contributed by atoms with van der Waals surface area (Å²) in [6.07, 6.45) is 5.61. The third-order valence-corrected chi connectivity index (χ3v) is 6.07. The lowest BCUT2D eigenvalue weighted by Crippen LogP contribution is -2.64. The van der Waals surface area contributed by atoms with Crippen molar-refractivity contribution in [2.45, 2.75) is 64.2 Å². The molecule has 5 unspecified atom stereocenters. The van der Waals surface area contributed by atoms with E-state index in [2.05, 4.69) is 38.9 Å². The molecule has 5 atom stereocenters. The van der Waals surface area contributed by atoms with Crippen molar-refractivity contribution < 1.29 is 4.52 Å². The van der Waals surface area contributed by atoms with Gasteiger partial charge < -0.3 is 4.52 Å². The van der Waals surface area contributed by atoms with E-state index in [1.54, 1.807) is 0 Å². The molecule has 3 saturated carbocycles. The van der Waals surface area contributed by atoms with Gasteiger partial charge in [-0.15, -0.1) is 0 Å². The summed E-state index contributed by atoms with van der Waals surface area (Å²) < 4.78 is 5.82. The van der Waals surface area contributed by atoms with Crippen LogP contribution in [0.15, 0.2) is 10.6 Å². The van der Waals surface area contributed by atoms with E-state index in [0.717, 1.165) is 29.4 Å². The zero-order chi connectivity index (χ0) is 13.4. The fraction of sp³-hybridized carbons (Fsp3) is 0.824. The molecule has 0 aliphatic heterocycles. The normalized spacial score (nSPS) is 44.2. The summed E-state index contributed by atoms with van der Waals surface area (Å²) in [6.45, 7) is 9.06. The highest BCUT2D eigenvalue weighted by Crippen LogP contribution is 2.71. The first-order valence-electron chi connectivity index (χ1n) is 7.88. The third kappa shape index (κ3) is 1.46. The van der Waals surface area contributed by atoms with Crippen molar-refractivity contribution in [1.29, 1.82) is 0 Å². The maximum Gasteiger partial charge on any atom is 0.143 e. The molecule has 3 fully saturated rings. The molecule has 0 N–H and O–H groups in total. The first-order chi connectivity index (χ1) is 8.90. The van der Waals surface area contributed by atoms with Gasteiger partial charge in [-0.1, -0.05) is 32.9 Å². The van der Waals surface area contributed by atoms with Crippen LogP contribution in [0.3, 0.4) is 0 Å². The van der Waals surface area contributed by atoms with Crippen LogP contribution in [0.2, 0.25) is 0 Å². The average molecular weight is 259 g/mol. The second-order valence-electron chi connectivity index (χ2n) is 8.51. The fourth-order valence-corrected chi connectivity index (χ4v) is 5.34. The molecule has 2 heteroatoms. The third-order valence-electron chi connectivity index (χ3n) is 6.07.